The molecule has 0 saturated carbocycles. The second kappa shape index (κ2) is 4.86. The lowest BCUT2D eigenvalue weighted by molar-refractivity contribution is 0.138. The number of rotatable bonds is 2. The van der Waals surface area contributed by atoms with Gasteiger partial charge in [0.15, 0.2) is 0 Å². The van der Waals surface area contributed by atoms with E-state index in [1.54, 1.807) is 0 Å². The van der Waals surface area contributed by atoms with Gasteiger partial charge in [-0.05, 0) is 45.5 Å². The molecule has 0 aromatic carbocycles. The third-order valence-electron chi connectivity index (χ3n) is 3.82. The number of aryl methyl sites for hydroxylation is 1. The lowest BCUT2D eigenvalue weighted by atomic mass is 9.99. The number of likely N-dealkylation sites (N-methyl/N-ethyl adjacent to an activating group) is 1. The summed E-state index contributed by atoms with van der Waals surface area (Å²) in [6, 6.07) is 3.93. The van der Waals surface area contributed by atoms with E-state index in [1.807, 2.05) is 19.1 Å². The zero-order valence-electron chi connectivity index (χ0n) is 11.8. The topological polar surface area (TPSA) is 39.6 Å². The maximum absolute atomic E-state index is 9.28. The number of hydrogen-bond donors (Lipinski definition) is 1. The standard InChI is InChI=1S/C14H23N3O/c1-11-7-12(9-18)8-13(15-11)17-6-5-16(4)14(2,3)10-17/h7-8,18H,5-6,9-10H2,1-4H3. The smallest absolute Gasteiger partial charge is 0.129 e. The molecule has 1 N–H and O–H groups in total. The Bertz CT molecular complexity index is 431. The molecule has 0 bridgehead atoms. The third-order valence-corrected chi connectivity index (χ3v) is 3.82. The number of anilines is 1. The SMILES string of the molecule is Cc1cc(CO)cc(N2CCN(C)C(C)(C)C2)n1. The fourth-order valence-electron chi connectivity index (χ4n) is 2.41. The number of aliphatic hydroxyl groups excluding tert-OH is 1. The Morgan fingerprint density at radius 2 is 2.06 bits per heavy atom. The Hall–Kier alpha value is -1.13. The summed E-state index contributed by atoms with van der Waals surface area (Å²) in [4.78, 5) is 9.29. The van der Waals surface area contributed by atoms with Crippen molar-refractivity contribution in [3.05, 3.63) is 23.4 Å². The molecule has 1 aliphatic heterocycles. The van der Waals surface area contributed by atoms with Crippen LogP contribution < -0.4 is 4.90 Å². The zero-order valence-corrected chi connectivity index (χ0v) is 11.8. The Balaban J connectivity index is 2.24. The molecule has 0 aliphatic carbocycles. The van der Waals surface area contributed by atoms with Gasteiger partial charge in [0.1, 0.15) is 5.82 Å². The molecule has 2 rings (SSSR count). The second-order valence-electron chi connectivity index (χ2n) is 5.79. The largest absolute Gasteiger partial charge is 0.392 e. The molecule has 0 amide bonds. The average molecular weight is 249 g/mol. The van der Waals surface area contributed by atoms with Crippen LogP contribution in [0.15, 0.2) is 12.1 Å². The summed E-state index contributed by atoms with van der Waals surface area (Å²) in [7, 11) is 2.17. The summed E-state index contributed by atoms with van der Waals surface area (Å²) in [5, 5.41) is 9.28. The molecule has 0 unspecified atom stereocenters. The summed E-state index contributed by atoms with van der Waals surface area (Å²) in [6.07, 6.45) is 0. The van der Waals surface area contributed by atoms with Crippen LogP contribution in [0, 0.1) is 6.92 Å². The second-order valence-corrected chi connectivity index (χ2v) is 5.79. The first-order chi connectivity index (χ1) is 8.42. The monoisotopic (exact) mass is 249 g/mol. The van der Waals surface area contributed by atoms with Gasteiger partial charge in [0.25, 0.3) is 0 Å². The Morgan fingerprint density at radius 3 is 2.67 bits per heavy atom. The molecular weight excluding hydrogens is 226 g/mol. The minimum atomic E-state index is 0.0769. The predicted molar refractivity (Wildman–Crippen MR) is 73.8 cm³/mol. The van der Waals surface area contributed by atoms with Crippen LogP contribution in [-0.4, -0.2) is 47.2 Å². The number of aromatic nitrogens is 1. The Labute approximate surface area is 109 Å². The quantitative estimate of drug-likeness (QED) is 0.860. The van der Waals surface area contributed by atoms with E-state index in [0.717, 1.165) is 36.7 Å². The van der Waals surface area contributed by atoms with Crippen LogP contribution in [0.3, 0.4) is 0 Å². The van der Waals surface area contributed by atoms with Crippen molar-refractivity contribution in [2.24, 2.45) is 0 Å². The van der Waals surface area contributed by atoms with Crippen molar-refractivity contribution in [2.75, 3.05) is 31.6 Å². The Kier molecular flexibility index (Phi) is 3.59. The van der Waals surface area contributed by atoms with Gasteiger partial charge in [-0.3, -0.25) is 4.90 Å². The van der Waals surface area contributed by atoms with E-state index < -0.39 is 0 Å². The first-order valence-electron chi connectivity index (χ1n) is 6.47. The van der Waals surface area contributed by atoms with Gasteiger partial charge in [0.05, 0.1) is 6.61 Å². The molecule has 0 radical (unpaired) electrons. The summed E-state index contributed by atoms with van der Waals surface area (Å²) in [5.74, 6) is 0.986. The summed E-state index contributed by atoms with van der Waals surface area (Å²) in [6.45, 7) is 9.55. The highest BCUT2D eigenvalue weighted by molar-refractivity contribution is 5.43. The fourth-order valence-corrected chi connectivity index (χ4v) is 2.41. The highest BCUT2D eigenvalue weighted by Gasteiger charge is 2.31. The first-order valence-corrected chi connectivity index (χ1v) is 6.47. The average Bonchev–Trinajstić information content (AvgIpc) is 2.31. The molecule has 1 aliphatic rings. The van der Waals surface area contributed by atoms with Crippen molar-refractivity contribution in [1.29, 1.82) is 0 Å². The van der Waals surface area contributed by atoms with E-state index in [2.05, 4.69) is 35.7 Å². The minimum absolute atomic E-state index is 0.0769. The van der Waals surface area contributed by atoms with Gasteiger partial charge >= 0.3 is 0 Å². The highest BCUT2D eigenvalue weighted by atomic mass is 16.3. The van der Waals surface area contributed by atoms with Gasteiger partial charge in [-0.2, -0.15) is 0 Å². The van der Waals surface area contributed by atoms with E-state index in [-0.39, 0.29) is 12.1 Å². The van der Waals surface area contributed by atoms with Crippen molar-refractivity contribution >= 4 is 5.82 Å². The van der Waals surface area contributed by atoms with E-state index in [0.29, 0.717) is 0 Å². The molecule has 4 heteroatoms. The van der Waals surface area contributed by atoms with Crippen molar-refractivity contribution in [1.82, 2.24) is 9.88 Å². The van der Waals surface area contributed by atoms with Gasteiger partial charge in [-0.15, -0.1) is 0 Å². The third kappa shape index (κ3) is 2.65. The maximum atomic E-state index is 9.28. The molecule has 4 nitrogen and oxygen atoms in total. The van der Waals surface area contributed by atoms with E-state index in [4.69, 9.17) is 0 Å². The summed E-state index contributed by atoms with van der Waals surface area (Å²) >= 11 is 0. The van der Waals surface area contributed by atoms with E-state index in [1.165, 1.54) is 0 Å². The van der Waals surface area contributed by atoms with Crippen LogP contribution in [0.1, 0.15) is 25.1 Å². The van der Waals surface area contributed by atoms with E-state index >= 15 is 0 Å². The van der Waals surface area contributed by atoms with Crippen LogP contribution in [0.25, 0.3) is 0 Å². The summed E-state index contributed by atoms with van der Waals surface area (Å²) in [5.41, 5.74) is 2.06. The number of nitrogens with zero attached hydrogens (tertiary/aromatic N) is 3. The first kappa shape index (κ1) is 13.3. The molecule has 2 heterocycles. The van der Waals surface area contributed by atoms with Crippen molar-refractivity contribution in [3.8, 4) is 0 Å². The van der Waals surface area contributed by atoms with Crippen LogP contribution >= 0.6 is 0 Å². The molecule has 1 aromatic heterocycles. The van der Waals surface area contributed by atoms with E-state index in [9.17, 15) is 5.11 Å². The predicted octanol–water partition coefficient (Wildman–Crippen LogP) is 1.41. The minimum Gasteiger partial charge on any atom is -0.392 e. The zero-order chi connectivity index (χ0) is 13.3. The van der Waals surface area contributed by atoms with Gasteiger partial charge in [0, 0.05) is 30.9 Å². The van der Waals surface area contributed by atoms with Gasteiger partial charge in [-0.25, -0.2) is 4.98 Å². The van der Waals surface area contributed by atoms with Crippen LogP contribution in [-0.2, 0) is 6.61 Å². The van der Waals surface area contributed by atoms with Gasteiger partial charge in [-0.1, -0.05) is 0 Å². The van der Waals surface area contributed by atoms with Crippen molar-refractivity contribution in [3.63, 3.8) is 0 Å². The lowest BCUT2D eigenvalue weighted by Crippen LogP contribution is -2.57. The Morgan fingerprint density at radius 1 is 1.33 bits per heavy atom. The molecule has 1 aromatic rings. The number of aliphatic hydroxyl groups is 1. The number of pyridine rings is 1. The van der Waals surface area contributed by atoms with Crippen LogP contribution in [0.2, 0.25) is 0 Å². The van der Waals surface area contributed by atoms with Crippen LogP contribution in [0.4, 0.5) is 5.82 Å². The molecule has 18 heavy (non-hydrogen) atoms. The molecule has 1 fully saturated rings. The normalized spacial score (nSPS) is 20.2. The lowest BCUT2D eigenvalue weighted by Gasteiger charge is -2.45. The van der Waals surface area contributed by atoms with Gasteiger partial charge in [0.2, 0.25) is 0 Å². The molecular formula is C14H23N3O. The van der Waals surface area contributed by atoms with Crippen LogP contribution in [0.5, 0.6) is 0 Å². The summed E-state index contributed by atoms with van der Waals surface area (Å²) < 4.78 is 0. The molecule has 0 atom stereocenters. The molecule has 1 saturated heterocycles. The van der Waals surface area contributed by atoms with Crippen molar-refractivity contribution in [2.45, 2.75) is 32.9 Å². The molecule has 100 valence electrons. The van der Waals surface area contributed by atoms with Crippen molar-refractivity contribution < 1.29 is 5.11 Å². The molecule has 0 spiro atoms. The maximum Gasteiger partial charge on any atom is 0.129 e. The number of piperazine rings is 1. The van der Waals surface area contributed by atoms with Gasteiger partial charge < -0.3 is 10.0 Å². The highest BCUT2D eigenvalue weighted by Crippen LogP contribution is 2.24. The fraction of sp³-hybridized carbons (Fsp3) is 0.643. The number of hydrogen-bond acceptors (Lipinski definition) is 4.